The first-order valence-electron chi connectivity index (χ1n) is 6.46. The first-order valence-corrected chi connectivity index (χ1v) is 6.46. The number of nitrogens with zero attached hydrogens (tertiary/aromatic N) is 3. The Hall–Kier alpha value is -1.88. The Morgan fingerprint density at radius 2 is 2.00 bits per heavy atom. The van der Waals surface area contributed by atoms with E-state index in [1.165, 1.54) is 0 Å². The quantitative estimate of drug-likeness (QED) is 0.895. The maximum absolute atomic E-state index is 11.8. The molecule has 0 bridgehead atoms. The Morgan fingerprint density at radius 3 is 2.58 bits per heavy atom. The Morgan fingerprint density at radius 1 is 1.37 bits per heavy atom. The zero-order valence-corrected chi connectivity index (χ0v) is 11.5. The van der Waals surface area contributed by atoms with Crippen LogP contribution in [0.3, 0.4) is 0 Å². The first-order chi connectivity index (χ1) is 9.05. The minimum atomic E-state index is -1.13. The molecule has 5 nitrogen and oxygen atoms in total. The molecule has 1 aromatic carbocycles. The summed E-state index contributed by atoms with van der Waals surface area (Å²) in [4.78, 5) is 18.0. The van der Waals surface area contributed by atoms with Crippen molar-refractivity contribution in [3.8, 4) is 0 Å². The minimum Gasteiger partial charge on any atom is -0.478 e. The predicted octanol–water partition coefficient (Wildman–Crippen LogP) is 2.14. The summed E-state index contributed by atoms with van der Waals surface area (Å²) in [5.74, 6) is -0.876. The van der Waals surface area contributed by atoms with Crippen LogP contribution in [0.1, 0.15) is 20.8 Å². The molecule has 0 aliphatic rings. The number of carbonyl (C=O) groups is 1. The number of hydrogen-bond acceptors (Lipinski definition) is 3. The molecule has 1 atom stereocenters. The third kappa shape index (κ3) is 2.00. The van der Waals surface area contributed by atoms with Crippen molar-refractivity contribution in [2.45, 2.75) is 26.4 Å². The second-order valence-corrected chi connectivity index (χ2v) is 4.60. The lowest BCUT2D eigenvalue weighted by Gasteiger charge is -2.37. The molecule has 0 aliphatic heterocycles. The van der Waals surface area contributed by atoms with Gasteiger partial charge in [-0.1, -0.05) is 26.0 Å². The maximum atomic E-state index is 11.8. The second-order valence-electron chi connectivity index (χ2n) is 4.60. The number of rotatable bonds is 5. The van der Waals surface area contributed by atoms with Crippen molar-refractivity contribution >= 4 is 17.0 Å². The van der Waals surface area contributed by atoms with Crippen LogP contribution in [0.25, 0.3) is 11.0 Å². The van der Waals surface area contributed by atoms with Gasteiger partial charge in [-0.25, -0.2) is 9.78 Å². The largest absolute Gasteiger partial charge is 0.478 e. The summed E-state index contributed by atoms with van der Waals surface area (Å²) in [5, 5.41) is 9.71. The monoisotopic (exact) mass is 261 g/mol. The Bertz CT molecular complexity index is 589. The normalized spacial score (nSPS) is 14.7. The highest BCUT2D eigenvalue weighted by Gasteiger charge is 2.40. The number of carboxylic acids is 1. The molecule has 19 heavy (non-hydrogen) atoms. The fourth-order valence-corrected chi connectivity index (χ4v) is 2.54. The van der Waals surface area contributed by atoms with E-state index in [4.69, 9.17) is 0 Å². The molecule has 5 heteroatoms. The van der Waals surface area contributed by atoms with Crippen molar-refractivity contribution in [1.82, 2.24) is 14.5 Å². The fraction of sp³-hybridized carbons (Fsp3) is 0.429. The van der Waals surface area contributed by atoms with E-state index in [0.29, 0.717) is 13.1 Å². The van der Waals surface area contributed by atoms with Gasteiger partial charge in [-0.05, 0) is 32.1 Å². The van der Waals surface area contributed by atoms with Crippen LogP contribution in [-0.4, -0.2) is 38.6 Å². The maximum Gasteiger partial charge on any atom is 0.345 e. The average molecular weight is 261 g/mol. The number of likely N-dealkylation sites (N-methyl/N-ethyl adjacent to an activating group) is 1. The van der Waals surface area contributed by atoms with Crippen molar-refractivity contribution in [3.05, 3.63) is 30.6 Å². The van der Waals surface area contributed by atoms with Crippen molar-refractivity contribution in [1.29, 1.82) is 0 Å². The van der Waals surface area contributed by atoms with Crippen molar-refractivity contribution < 1.29 is 9.90 Å². The van der Waals surface area contributed by atoms with Crippen LogP contribution in [0.15, 0.2) is 30.6 Å². The van der Waals surface area contributed by atoms with E-state index in [1.54, 1.807) is 17.8 Å². The van der Waals surface area contributed by atoms with Crippen molar-refractivity contribution in [2.24, 2.45) is 0 Å². The zero-order valence-electron chi connectivity index (χ0n) is 11.5. The van der Waals surface area contributed by atoms with E-state index in [2.05, 4.69) is 4.98 Å². The highest BCUT2D eigenvalue weighted by Crippen LogP contribution is 2.26. The SMILES string of the molecule is CCN(CC)C(C)(C(=O)O)n1cnc2ccccc21. The molecule has 0 spiro atoms. The van der Waals surface area contributed by atoms with Gasteiger partial charge in [0.15, 0.2) is 5.66 Å². The van der Waals surface area contributed by atoms with E-state index in [0.717, 1.165) is 11.0 Å². The molecule has 2 rings (SSSR count). The van der Waals surface area contributed by atoms with Gasteiger partial charge in [0.25, 0.3) is 0 Å². The van der Waals surface area contributed by atoms with Gasteiger partial charge in [-0.3, -0.25) is 4.90 Å². The Labute approximate surface area is 112 Å². The standard InChI is InChI=1S/C14H19N3O2/c1-4-16(5-2)14(3,13(18)19)17-10-15-11-8-6-7-9-12(11)17/h6-10H,4-5H2,1-3H3,(H,18,19). The lowest BCUT2D eigenvalue weighted by Crippen LogP contribution is -2.53. The molecule has 1 aromatic heterocycles. The van der Waals surface area contributed by atoms with E-state index >= 15 is 0 Å². The first kappa shape index (κ1) is 13.5. The molecule has 0 fully saturated rings. The summed E-state index contributed by atoms with van der Waals surface area (Å²) < 4.78 is 1.73. The summed E-state index contributed by atoms with van der Waals surface area (Å²) in [5.41, 5.74) is 0.515. The highest BCUT2D eigenvalue weighted by atomic mass is 16.4. The lowest BCUT2D eigenvalue weighted by atomic mass is 10.1. The minimum absolute atomic E-state index is 0.659. The molecule has 2 aromatic rings. The van der Waals surface area contributed by atoms with E-state index < -0.39 is 11.6 Å². The number of aliphatic carboxylic acids is 1. The lowest BCUT2D eigenvalue weighted by molar-refractivity contribution is -0.157. The molecule has 0 radical (unpaired) electrons. The van der Waals surface area contributed by atoms with Gasteiger partial charge in [0.05, 0.1) is 17.4 Å². The molecule has 0 aliphatic carbocycles. The third-order valence-corrected chi connectivity index (χ3v) is 3.71. The summed E-state index contributed by atoms with van der Waals surface area (Å²) in [6, 6.07) is 7.57. The summed E-state index contributed by atoms with van der Waals surface area (Å²) in [6.07, 6.45) is 1.61. The number of fused-ring (bicyclic) bond motifs is 1. The van der Waals surface area contributed by atoms with Gasteiger partial charge >= 0.3 is 5.97 Å². The average Bonchev–Trinajstić information content (AvgIpc) is 2.83. The predicted molar refractivity (Wildman–Crippen MR) is 73.9 cm³/mol. The van der Waals surface area contributed by atoms with Crippen LogP contribution in [0.5, 0.6) is 0 Å². The fourth-order valence-electron chi connectivity index (χ4n) is 2.54. The van der Waals surface area contributed by atoms with Crippen LogP contribution in [0.2, 0.25) is 0 Å². The summed E-state index contributed by atoms with van der Waals surface area (Å²) in [7, 11) is 0. The zero-order chi connectivity index (χ0) is 14.0. The number of imidazole rings is 1. The van der Waals surface area contributed by atoms with E-state index in [1.807, 2.05) is 43.0 Å². The molecule has 102 valence electrons. The van der Waals surface area contributed by atoms with Gasteiger partial charge < -0.3 is 9.67 Å². The molecule has 1 unspecified atom stereocenters. The number of para-hydroxylation sites is 2. The smallest absolute Gasteiger partial charge is 0.345 e. The molecule has 1 heterocycles. The van der Waals surface area contributed by atoms with Gasteiger partial charge in [0.2, 0.25) is 0 Å². The molecular formula is C14H19N3O2. The van der Waals surface area contributed by atoms with Crippen LogP contribution in [-0.2, 0) is 10.5 Å². The van der Waals surface area contributed by atoms with Crippen molar-refractivity contribution in [3.63, 3.8) is 0 Å². The number of benzene rings is 1. The number of aromatic nitrogens is 2. The Balaban J connectivity index is 2.65. The van der Waals surface area contributed by atoms with Crippen LogP contribution < -0.4 is 0 Å². The summed E-state index contributed by atoms with van der Waals surface area (Å²) in [6.45, 7) is 6.96. The van der Waals surface area contributed by atoms with Gasteiger partial charge in [-0.2, -0.15) is 0 Å². The number of carboxylic acid groups (broad SMARTS) is 1. The molecule has 1 N–H and O–H groups in total. The molecule has 0 saturated heterocycles. The van der Waals surface area contributed by atoms with E-state index in [-0.39, 0.29) is 0 Å². The van der Waals surface area contributed by atoms with Gasteiger partial charge in [0, 0.05) is 0 Å². The Kier molecular flexibility index (Phi) is 3.57. The number of hydrogen-bond donors (Lipinski definition) is 1. The third-order valence-electron chi connectivity index (χ3n) is 3.71. The van der Waals surface area contributed by atoms with Crippen LogP contribution in [0.4, 0.5) is 0 Å². The van der Waals surface area contributed by atoms with Crippen LogP contribution in [0, 0.1) is 0 Å². The summed E-state index contributed by atoms with van der Waals surface area (Å²) >= 11 is 0. The van der Waals surface area contributed by atoms with Gasteiger partial charge in [-0.15, -0.1) is 0 Å². The topological polar surface area (TPSA) is 58.4 Å². The van der Waals surface area contributed by atoms with Gasteiger partial charge in [0.1, 0.15) is 0 Å². The molecular weight excluding hydrogens is 242 g/mol. The van der Waals surface area contributed by atoms with Crippen LogP contribution >= 0.6 is 0 Å². The van der Waals surface area contributed by atoms with Crippen molar-refractivity contribution in [2.75, 3.05) is 13.1 Å². The second kappa shape index (κ2) is 5.01. The molecule has 0 saturated carbocycles. The highest BCUT2D eigenvalue weighted by molar-refractivity contribution is 5.81. The van der Waals surface area contributed by atoms with E-state index in [9.17, 15) is 9.90 Å². The molecule has 0 amide bonds.